The molecule has 0 N–H and O–H groups in total. The Labute approximate surface area is 145 Å². The first-order chi connectivity index (χ1) is 12.2. The largest absolute Gasteiger partial charge is 0.338 e. The van der Waals surface area contributed by atoms with Crippen LogP contribution in [-0.4, -0.2) is 32.0 Å². The molecule has 4 rings (SSSR count). The van der Waals surface area contributed by atoms with Gasteiger partial charge in [0.05, 0.1) is 18.1 Å². The van der Waals surface area contributed by atoms with Crippen molar-refractivity contribution < 1.29 is 0 Å². The lowest BCUT2D eigenvalue weighted by Gasteiger charge is -2.15. The summed E-state index contributed by atoms with van der Waals surface area (Å²) in [7, 11) is 3.86. The van der Waals surface area contributed by atoms with E-state index in [2.05, 4.69) is 50.6 Å². The summed E-state index contributed by atoms with van der Waals surface area (Å²) in [5.41, 5.74) is 2.95. The van der Waals surface area contributed by atoms with Crippen LogP contribution in [-0.2, 0) is 13.6 Å². The second kappa shape index (κ2) is 6.32. The smallest absolute Gasteiger partial charge is 0.245 e. The summed E-state index contributed by atoms with van der Waals surface area (Å²) in [5, 5.41) is 14.9. The normalized spacial score (nSPS) is 11.0. The minimum absolute atomic E-state index is 0.592. The topological polar surface area (TPSA) is 59.7 Å². The van der Waals surface area contributed by atoms with Gasteiger partial charge in [0.15, 0.2) is 0 Å². The molecule has 124 valence electrons. The molecule has 0 aliphatic carbocycles. The zero-order valence-corrected chi connectivity index (χ0v) is 14.2. The summed E-state index contributed by atoms with van der Waals surface area (Å²) in [4.78, 5) is 6.64. The van der Waals surface area contributed by atoms with Crippen LogP contribution in [0.4, 0.5) is 5.95 Å². The minimum atomic E-state index is 0.592. The lowest BCUT2D eigenvalue weighted by atomic mass is 10.1. The van der Waals surface area contributed by atoms with Crippen LogP contribution in [0.2, 0.25) is 0 Å². The first-order valence-corrected chi connectivity index (χ1v) is 8.06. The molecule has 25 heavy (non-hydrogen) atoms. The van der Waals surface area contributed by atoms with Crippen molar-refractivity contribution in [2.45, 2.75) is 6.54 Å². The fourth-order valence-electron chi connectivity index (χ4n) is 2.84. The molecule has 0 saturated carbocycles. The molecule has 2 heterocycles. The monoisotopic (exact) mass is 330 g/mol. The molecular formula is C19H18N6. The first-order valence-electron chi connectivity index (χ1n) is 8.06. The SMILES string of the molecule is CN(Cc1cnn(C)c1)c1nncc(-c2ccc3ccccc3c2)n1. The fourth-order valence-corrected chi connectivity index (χ4v) is 2.84. The van der Waals surface area contributed by atoms with Crippen LogP contribution in [0, 0.1) is 0 Å². The van der Waals surface area contributed by atoms with Gasteiger partial charge in [-0.25, -0.2) is 4.98 Å². The predicted molar refractivity (Wildman–Crippen MR) is 98.1 cm³/mol. The summed E-state index contributed by atoms with van der Waals surface area (Å²) in [5.74, 6) is 0.592. The molecule has 2 aromatic carbocycles. The van der Waals surface area contributed by atoms with Crippen LogP contribution in [0.1, 0.15) is 5.56 Å². The second-order valence-corrected chi connectivity index (χ2v) is 6.08. The number of aryl methyl sites for hydroxylation is 1. The number of anilines is 1. The van der Waals surface area contributed by atoms with Gasteiger partial charge in [-0.3, -0.25) is 4.68 Å². The molecule has 0 aliphatic rings. The van der Waals surface area contributed by atoms with Crippen LogP contribution in [0.5, 0.6) is 0 Å². The highest BCUT2D eigenvalue weighted by Gasteiger charge is 2.10. The van der Waals surface area contributed by atoms with Crippen molar-refractivity contribution in [2.24, 2.45) is 7.05 Å². The van der Waals surface area contributed by atoms with Crippen LogP contribution >= 0.6 is 0 Å². The molecule has 0 atom stereocenters. The van der Waals surface area contributed by atoms with E-state index in [9.17, 15) is 0 Å². The van der Waals surface area contributed by atoms with E-state index >= 15 is 0 Å². The van der Waals surface area contributed by atoms with E-state index in [1.54, 1.807) is 10.9 Å². The molecule has 6 nitrogen and oxygen atoms in total. The van der Waals surface area contributed by atoms with Crippen LogP contribution in [0.3, 0.4) is 0 Å². The third-order valence-electron chi connectivity index (χ3n) is 4.11. The van der Waals surface area contributed by atoms with Crippen LogP contribution < -0.4 is 4.90 Å². The van der Waals surface area contributed by atoms with Gasteiger partial charge >= 0.3 is 0 Å². The number of rotatable bonds is 4. The molecule has 0 saturated heterocycles. The molecular weight excluding hydrogens is 312 g/mol. The first kappa shape index (κ1) is 15.3. The highest BCUT2D eigenvalue weighted by atomic mass is 15.3. The molecule has 0 bridgehead atoms. The van der Waals surface area contributed by atoms with Gasteiger partial charge in [0, 0.05) is 38.0 Å². The number of nitrogens with zero attached hydrogens (tertiary/aromatic N) is 6. The highest BCUT2D eigenvalue weighted by Crippen LogP contribution is 2.23. The van der Waals surface area contributed by atoms with E-state index in [1.165, 1.54) is 10.8 Å². The van der Waals surface area contributed by atoms with Crippen molar-refractivity contribution >= 4 is 16.7 Å². The van der Waals surface area contributed by atoms with Gasteiger partial charge in [-0.2, -0.15) is 10.2 Å². The molecule has 2 aromatic heterocycles. The average Bonchev–Trinajstić information content (AvgIpc) is 3.06. The third-order valence-corrected chi connectivity index (χ3v) is 4.11. The van der Waals surface area contributed by atoms with Crippen molar-refractivity contribution in [1.82, 2.24) is 25.0 Å². The summed E-state index contributed by atoms with van der Waals surface area (Å²) < 4.78 is 1.79. The summed E-state index contributed by atoms with van der Waals surface area (Å²) >= 11 is 0. The Morgan fingerprint density at radius 1 is 1.04 bits per heavy atom. The Bertz CT molecular complexity index is 1020. The van der Waals surface area contributed by atoms with E-state index in [-0.39, 0.29) is 0 Å². The Morgan fingerprint density at radius 2 is 1.88 bits per heavy atom. The molecule has 0 spiro atoms. The summed E-state index contributed by atoms with van der Waals surface area (Å²) in [6, 6.07) is 14.6. The molecule has 0 unspecified atom stereocenters. The predicted octanol–water partition coefficient (Wildman–Crippen LogP) is 3.06. The van der Waals surface area contributed by atoms with Gasteiger partial charge in [-0.15, -0.1) is 5.10 Å². The molecule has 0 radical (unpaired) electrons. The maximum absolute atomic E-state index is 4.68. The maximum atomic E-state index is 4.68. The molecule has 0 fully saturated rings. The van der Waals surface area contributed by atoms with Gasteiger partial charge in [0.1, 0.15) is 0 Å². The van der Waals surface area contributed by atoms with Crippen LogP contribution in [0.25, 0.3) is 22.0 Å². The van der Waals surface area contributed by atoms with Gasteiger partial charge in [-0.1, -0.05) is 36.4 Å². The average molecular weight is 330 g/mol. The summed E-state index contributed by atoms with van der Waals surface area (Å²) in [6.07, 6.45) is 5.53. The maximum Gasteiger partial charge on any atom is 0.245 e. The minimum Gasteiger partial charge on any atom is -0.338 e. The lowest BCUT2D eigenvalue weighted by molar-refractivity contribution is 0.765. The quantitative estimate of drug-likeness (QED) is 0.575. The van der Waals surface area contributed by atoms with Crippen molar-refractivity contribution in [3.05, 3.63) is 66.6 Å². The standard InChI is InChI=1S/C19H18N6/c1-24(12-14-10-21-25(2)13-14)19-22-18(11-20-23-19)17-8-7-15-5-3-4-6-16(15)9-17/h3-11,13H,12H2,1-2H3. The highest BCUT2D eigenvalue weighted by molar-refractivity contribution is 5.86. The zero-order valence-electron chi connectivity index (χ0n) is 14.2. The van der Waals surface area contributed by atoms with Crippen molar-refractivity contribution in [3.63, 3.8) is 0 Å². The number of aromatic nitrogens is 5. The Balaban J connectivity index is 1.63. The van der Waals surface area contributed by atoms with Gasteiger partial charge in [0.25, 0.3) is 0 Å². The van der Waals surface area contributed by atoms with Gasteiger partial charge in [0.2, 0.25) is 5.95 Å². The number of hydrogen-bond acceptors (Lipinski definition) is 5. The molecule has 4 aromatic rings. The van der Waals surface area contributed by atoms with Crippen molar-refractivity contribution in [1.29, 1.82) is 0 Å². The third kappa shape index (κ3) is 3.19. The van der Waals surface area contributed by atoms with E-state index in [0.717, 1.165) is 16.8 Å². The second-order valence-electron chi connectivity index (χ2n) is 6.08. The van der Waals surface area contributed by atoms with Crippen molar-refractivity contribution in [3.8, 4) is 11.3 Å². The van der Waals surface area contributed by atoms with E-state index in [4.69, 9.17) is 0 Å². The molecule has 0 amide bonds. The van der Waals surface area contributed by atoms with E-state index < -0.39 is 0 Å². The molecule has 6 heteroatoms. The zero-order chi connectivity index (χ0) is 17.2. The number of fused-ring (bicyclic) bond motifs is 1. The fraction of sp³-hybridized carbons (Fsp3) is 0.158. The molecule has 0 aliphatic heterocycles. The van der Waals surface area contributed by atoms with Crippen LogP contribution in [0.15, 0.2) is 61.1 Å². The summed E-state index contributed by atoms with van der Waals surface area (Å²) in [6.45, 7) is 0.677. The van der Waals surface area contributed by atoms with E-state index in [1.807, 2.05) is 43.5 Å². The van der Waals surface area contributed by atoms with E-state index in [0.29, 0.717) is 12.5 Å². The Kier molecular flexibility index (Phi) is 3.85. The van der Waals surface area contributed by atoms with Gasteiger partial charge < -0.3 is 4.90 Å². The number of hydrogen-bond donors (Lipinski definition) is 0. The lowest BCUT2D eigenvalue weighted by Crippen LogP contribution is -2.19. The number of benzene rings is 2. The Morgan fingerprint density at radius 3 is 2.68 bits per heavy atom. The van der Waals surface area contributed by atoms with Crippen molar-refractivity contribution in [2.75, 3.05) is 11.9 Å². The Hall–Kier alpha value is -3.28. The van der Waals surface area contributed by atoms with Gasteiger partial charge in [-0.05, 0) is 16.8 Å².